The lowest BCUT2D eigenvalue weighted by Crippen LogP contribution is -2.45. The molecule has 2 aromatic carbocycles. The molecule has 0 unspecified atom stereocenters. The highest BCUT2D eigenvalue weighted by atomic mass is 19.1. The summed E-state index contributed by atoms with van der Waals surface area (Å²) in [6.45, 7) is 4.15. The Hall–Kier alpha value is -3.22. The average molecular weight is 408 g/mol. The van der Waals surface area contributed by atoms with E-state index in [4.69, 9.17) is 0 Å². The van der Waals surface area contributed by atoms with E-state index >= 15 is 0 Å². The predicted molar refractivity (Wildman–Crippen MR) is 114 cm³/mol. The molecule has 4 rings (SSSR count). The van der Waals surface area contributed by atoms with E-state index in [0.29, 0.717) is 37.5 Å². The Morgan fingerprint density at radius 3 is 2.57 bits per heavy atom. The molecule has 2 heterocycles. The summed E-state index contributed by atoms with van der Waals surface area (Å²) in [6, 6.07) is 13.4. The van der Waals surface area contributed by atoms with Gasteiger partial charge in [0, 0.05) is 26.2 Å². The number of halogens is 1. The van der Waals surface area contributed by atoms with Gasteiger partial charge in [-0.05, 0) is 55.5 Å². The number of nitrogens with zero attached hydrogens (tertiary/aromatic N) is 3. The summed E-state index contributed by atoms with van der Waals surface area (Å²) < 4.78 is 14.7. The number of likely N-dealkylation sites (tertiary alicyclic amines) is 1. The van der Waals surface area contributed by atoms with Crippen molar-refractivity contribution in [2.24, 2.45) is 5.92 Å². The second-order valence-electron chi connectivity index (χ2n) is 7.81. The minimum Gasteiger partial charge on any atom is -0.334 e. The average Bonchev–Trinajstić information content (AvgIpc) is 2.76. The lowest BCUT2D eigenvalue weighted by atomic mass is 9.96. The number of benzene rings is 2. The van der Waals surface area contributed by atoms with Gasteiger partial charge in [0.1, 0.15) is 11.6 Å². The quantitative estimate of drug-likeness (QED) is 0.719. The maximum Gasteiger partial charge on any atom is 0.317 e. The molecule has 0 atom stereocenters. The number of para-hydroxylation sites is 1. The molecule has 30 heavy (non-hydrogen) atoms. The van der Waals surface area contributed by atoms with Gasteiger partial charge in [0.25, 0.3) is 5.56 Å². The third-order valence-electron chi connectivity index (χ3n) is 5.75. The molecule has 1 saturated heterocycles. The van der Waals surface area contributed by atoms with E-state index in [-0.39, 0.29) is 17.4 Å². The summed E-state index contributed by atoms with van der Waals surface area (Å²) in [7, 11) is 0. The molecular formula is C23H25FN4O2. The number of aromatic nitrogens is 2. The first-order chi connectivity index (χ1) is 14.5. The van der Waals surface area contributed by atoms with Crippen LogP contribution in [0.15, 0.2) is 53.3 Å². The molecule has 6 nitrogen and oxygen atoms in total. The van der Waals surface area contributed by atoms with E-state index in [1.807, 2.05) is 31.2 Å². The van der Waals surface area contributed by atoms with Gasteiger partial charge in [-0.2, -0.15) is 0 Å². The van der Waals surface area contributed by atoms with Crippen LogP contribution in [0.5, 0.6) is 0 Å². The van der Waals surface area contributed by atoms with Gasteiger partial charge in [-0.3, -0.25) is 9.36 Å². The normalized spacial score (nSPS) is 14.8. The molecule has 1 aliphatic rings. The first kappa shape index (κ1) is 20.1. The maximum absolute atomic E-state index is 13.0. The molecule has 1 N–H and O–H groups in total. The van der Waals surface area contributed by atoms with Crippen molar-refractivity contribution in [1.29, 1.82) is 0 Å². The van der Waals surface area contributed by atoms with Crippen LogP contribution in [0, 0.1) is 18.7 Å². The molecule has 0 saturated carbocycles. The molecule has 0 radical (unpaired) electrons. The maximum atomic E-state index is 13.0. The number of carbonyl (C=O) groups is 1. The molecule has 1 fully saturated rings. The SMILES string of the molecule is Cc1nc2ccccc2c(=O)n1CC1CCN(C(=O)NCc2ccc(F)cc2)CC1. The van der Waals surface area contributed by atoms with Crippen molar-refractivity contribution in [3.05, 3.63) is 76.1 Å². The Morgan fingerprint density at radius 1 is 1.13 bits per heavy atom. The summed E-state index contributed by atoms with van der Waals surface area (Å²) >= 11 is 0. The summed E-state index contributed by atoms with van der Waals surface area (Å²) in [6.07, 6.45) is 1.67. The highest BCUT2D eigenvalue weighted by Crippen LogP contribution is 2.20. The Labute approximate surface area is 174 Å². The minimum atomic E-state index is -0.289. The van der Waals surface area contributed by atoms with E-state index in [9.17, 15) is 14.0 Å². The van der Waals surface area contributed by atoms with Crippen molar-refractivity contribution in [3.8, 4) is 0 Å². The van der Waals surface area contributed by atoms with Crippen LogP contribution in [0.3, 0.4) is 0 Å². The molecule has 0 bridgehead atoms. The number of urea groups is 1. The highest BCUT2D eigenvalue weighted by molar-refractivity contribution is 5.77. The molecule has 2 amide bonds. The fourth-order valence-electron chi connectivity index (χ4n) is 3.96. The molecule has 0 aliphatic carbocycles. The van der Waals surface area contributed by atoms with Crippen LogP contribution in [-0.2, 0) is 13.1 Å². The molecule has 1 aliphatic heterocycles. The van der Waals surface area contributed by atoms with Gasteiger partial charge in [-0.25, -0.2) is 14.2 Å². The second kappa shape index (κ2) is 8.65. The number of hydrogen-bond donors (Lipinski definition) is 1. The number of amides is 2. The smallest absolute Gasteiger partial charge is 0.317 e. The van der Waals surface area contributed by atoms with Crippen molar-refractivity contribution in [3.63, 3.8) is 0 Å². The Kier molecular flexibility index (Phi) is 5.79. The number of piperidine rings is 1. The fraction of sp³-hybridized carbons (Fsp3) is 0.348. The van der Waals surface area contributed by atoms with Crippen molar-refractivity contribution in [2.45, 2.75) is 32.9 Å². The first-order valence-electron chi connectivity index (χ1n) is 10.2. The second-order valence-corrected chi connectivity index (χ2v) is 7.81. The Balaban J connectivity index is 1.33. The number of rotatable bonds is 4. The first-order valence-corrected chi connectivity index (χ1v) is 10.2. The van der Waals surface area contributed by atoms with E-state index in [0.717, 1.165) is 29.7 Å². The standard InChI is InChI=1S/C23H25FN4O2/c1-16-26-21-5-3-2-4-20(21)22(29)28(16)15-18-10-12-27(13-11-18)23(30)25-14-17-6-8-19(24)9-7-17/h2-9,18H,10-15H2,1H3,(H,25,30). The van der Waals surface area contributed by atoms with Gasteiger partial charge in [0.2, 0.25) is 0 Å². The molecule has 3 aromatic rings. The summed E-state index contributed by atoms with van der Waals surface area (Å²) in [4.78, 5) is 31.7. The van der Waals surface area contributed by atoms with Crippen LogP contribution >= 0.6 is 0 Å². The summed E-state index contributed by atoms with van der Waals surface area (Å²) in [5.74, 6) is 0.756. The van der Waals surface area contributed by atoms with Crippen molar-refractivity contribution in [1.82, 2.24) is 19.8 Å². The third-order valence-corrected chi connectivity index (χ3v) is 5.75. The lowest BCUT2D eigenvalue weighted by Gasteiger charge is -2.32. The van der Waals surface area contributed by atoms with E-state index in [2.05, 4.69) is 10.3 Å². The van der Waals surface area contributed by atoms with Crippen molar-refractivity contribution >= 4 is 16.9 Å². The highest BCUT2D eigenvalue weighted by Gasteiger charge is 2.24. The molecule has 7 heteroatoms. The van der Waals surface area contributed by atoms with Gasteiger partial charge >= 0.3 is 6.03 Å². The molecular weight excluding hydrogens is 383 g/mol. The monoisotopic (exact) mass is 408 g/mol. The predicted octanol–water partition coefficient (Wildman–Crippen LogP) is 3.47. The lowest BCUT2D eigenvalue weighted by molar-refractivity contribution is 0.164. The van der Waals surface area contributed by atoms with Crippen LogP contribution in [0.25, 0.3) is 10.9 Å². The van der Waals surface area contributed by atoms with Gasteiger partial charge in [-0.1, -0.05) is 24.3 Å². The van der Waals surface area contributed by atoms with E-state index in [1.165, 1.54) is 12.1 Å². The van der Waals surface area contributed by atoms with Crippen LogP contribution in [0.1, 0.15) is 24.2 Å². The topological polar surface area (TPSA) is 67.2 Å². The minimum absolute atomic E-state index is 0.00225. The zero-order valence-electron chi connectivity index (χ0n) is 17.0. The molecule has 156 valence electrons. The number of nitrogens with one attached hydrogen (secondary N) is 1. The largest absolute Gasteiger partial charge is 0.334 e. The van der Waals surface area contributed by atoms with Gasteiger partial charge in [0.05, 0.1) is 10.9 Å². The summed E-state index contributed by atoms with van der Waals surface area (Å²) in [5.41, 5.74) is 1.58. The number of hydrogen-bond acceptors (Lipinski definition) is 3. The van der Waals surface area contributed by atoms with Crippen LogP contribution in [-0.4, -0.2) is 33.6 Å². The van der Waals surface area contributed by atoms with Gasteiger partial charge in [-0.15, -0.1) is 0 Å². The summed E-state index contributed by atoms with van der Waals surface area (Å²) in [5, 5.41) is 3.53. The van der Waals surface area contributed by atoms with Crippen molar-refractivity contribution in [2.75, 3.05) is 13.1 Å². The Morgan fingerprint density at radius 2 is 1.83 bits per heavy atom. The number of fused-ring (bicyclic) bond motifs is 1. The van der Waals surface area contributed by atoms with E-state index in [1.54, 1.807) is 21.6 Å². The van der Waals surface area contributed by atoms with Crippen LogP contribution < -0.4 is 10.9 Å². The zero-order chi connectivity index (χ0) is 21.1. The molecule has 0 spiro atoms. The fourth-order valence-corrected chi connectivity index (χ4v) is 3.96. The number of carbonyl (C=O) groups excluding carboxylic acids is 1. The van der Waals surface area contributed by atoms with Crippen LogP contribution in [0.2, 0.25) is 0 Å². The third kappa shape index (κ3) is 4.35. The van der Waals surface area contributed by atoms with E-state index < -0.39 is 0 Å². The Bertz CT molecular complexity index is 1100. The van der Waals surface area contributed by atoms with Crippen molar-refractivity contribution < 1.29 is 9.18 Å². The molecule has 1 aromatic heterocycles. The van der Waals surface area contributed by atoms with Gasteiger partial charge < -0.3 is 10.2 Å². The zero-order valence-corrected chi connectivity index (χ0v) is 17.0. The van der Waals surface area contributed by atoms with Crippen LogP contribution in [0.4, 0.5) is 9.18 Å². The van der Waals surface area contributed by atoms with Gasteiger partial charge in [0.15, 0.2) is 0 Å². The number of aryl methyl sites for hydroxylation is 1.